The molecule has 0 aliphatic carbocycles. The summed E-state index contributed by atoms with van der Waals surface area (Å²) >= 11 is 6.58. The van der Waals surface area contributed by atoms with E-state index in [1.165, 1.54) is 16.2 Å². The number of benzene rings is 1. The summed E-state index contributed by atoms with van der Waals surface area (Å²) in [7, 11) is 0. The van der Waals surface area contributed by atoms with Crippen LogP contribution in [0.1, 0.15) is 22.9 Å². The lowest BCUT2D eigenvalue weighted by Crippen LogP contribution is -2.57. The summed E-state index contributed by atoms with van der Waals surface area (Å²) in [6.07, 6.45) is 4.56. The fraction of sp³-hybridized carbons (Fsp3) is 0.375. The van der Waals surface area contributed by atoms with E-state index in [9.17, 15) is 19.5 Å². The fourth-order valence-electron chi connectivity index (χ4n) is 5.40. The van der Waals surface area contributed by atoms with Crippen molar-refractivity contribution in [2.24, 2.45) is 11.8 Å². The molecule has 0 saturated carbocycles. The number of nitrogens with one attached hydrogen (secondary N) is 2. The number of H-pyrrole nitrogens is 1. The first kappa shape index (κ1) is 23.6. The maximum atomic E-state index is 13.7. The average Bonchev–Trinajstić information content (AvgIpc) is 3.56. The molecule has 2 amide bonds. The molecule has 3 N–H and O–H groups in total. The number of hydrogen-bond donors (Lipinski definition) is 3. The Bertz CT molecular complexity index is 1270. The first-order valence-corrected chi connectivity index (χ1v) is 14.0. The van der Waals surface area contributed by atoms with E-state index in [0.717, 1.165) is 30.9 Å². The van der Waals surface area contributed by atoms with Crippen LogP contribution in [0.25, 0.3) is 10.9 Å². The molecule has 2 aromatic heterocycles. The number of aromatic nitrogens is 1. The molecule has 4 heterocycles. The van der Waals surface area contributed by atoms with Gasteiger partial charge in [0.05, 0.1) is 21.7 Å². The number of carboxylic acids is 1. The monoisotopic (exact) mass is 561 g/mol. The molecule has 3 aromatic rings. The number of likely N-dealkylation sites (tertiary alicyclic amines) is 1. The third-order valence-corrected chi connectivity index (χ3v) is 9.31. The lowest BCUT2D eigenvalue weighted by atomic mass is 9.76. The van der Waals surface area contributed by atoms with Crippen molar-refractivity contribution in [2.45, 2.75) is 24.4 Å². The van der Waals surface area contributed by atoms with E-state index in [4.69, 9.17) is 0 Å². The van der Waals surface area contributed by atoms with Crippen molar-refractivity contribution in [3.05, 3.63) is 56.8 Å². The molecule has 2 aliphatic heterocycles. The van der Waals surface area contributed by atoms with Gasteiger partial charge in [-0.15, -0.1) is 11.3 Å². The highest BCUT2D eigenvalue weighted by Crippen LogP contribution is 2.51. The molecule has 5 rings (SSSR count). The molecule has 0 radical (unpaired) electrons. The summed E-state index contributed by atoms with van der Waals surface area (Å²) in [4.78, 5) is 45.5. The zero-order valence-corrected chi connectivity index (χ0v) is 21.6. The molecule has 178 valence electrons. The number of rotatable bonds is 8. The van der Waals surface area contributed by atoms with Gasteiger partial charge in [0.25, 0.3) is 0 Å². The van der Waals surface area contributed by atoms with Gasteiger partial charge in [0, 0.05) is 34.9 Å². The standard InChI is InChI=1S/C24H24BrN3O4S2/c1-33-10-4-9-28-21(29)18-19(22(28)30)24(23(31)32,27-20(18)16-7-8-17(25)34-16)11-13-12-26-15-6-3-2-5-14(13)15/h2-3,5-8,12,18-20,26-27H,4,9-11H2,1H3,(H,31,32). The SMILES string of the molecule is CSCCCN1C(=O)C2C(c3ccc(Br)s3)NC(Cc3c[nH]c4ccccc34)(C(=O)O)C2C1=O. The minimum atomic E-state index is -1.60. The normalized spacial score (nSPS) is 26.5. The number of amides is 2. The quantitative estimate of drug-likeness (QED) is 0.283. The van der Waals surface area contributed by atoms with Gasteiger partial charge in [0.15, 0.2) is 0 Å². The van der Waals surface area contributed by atoms with Gasteiger partial charge in [-0.3, -0.25) is 24.6 Å². The molecule has 4 atom stereocenters. The fourth-order valence-corrected chi connectivity index (χ4v) is 7.34. The molecule has 1 aromatic carbocycles. The van der Waals surface area contributed by atoms with E-state index < -0.39 is 29.4 Å². The zero-order chi connectivity index (χ0) is 24.0. The second kappa shape index (κ2) is 9.14. The van der Waals surface area contributed by atoms with Crippen LogP contribution in [0.5, 0.6) is 0 Å². The van der Waals surface area contributed by atoms with Gasteiger partial charge < -0.3 is 10.1 Å². The van der Waals surface area contributed by atoms with Crippen LogP contribution in [0.4, 0.5) is 0 Å². The number of fused-ring (bicyclic) bond motifs is 2. The lowest BCUT2D eigenvalue weighted by Gasteiger charge is -2.31. The second-order valence-corrected chi connectivity index (χ2v) is 12.2. The van der Waals surface area contributed by atoms with Gasteiger partial charge in [-0.05, 0) is 58.1 Å². The van der Waals surface area contributed by atoms with Crippen LogP contribution in [0.15, 0.2) is 46.4 Å². The maximum absolute atomic E-state index is 13.7. The highest BCUT2D eigenvalue weighted by atomic mass is 79.9. The Morgan fingerprint density at radius 3 is 2.74 bits per heavy atom. The molecule has 0 bridgehead atoms. The number of halogens is 1. The predicted octanol–water partition coefficient (Wildman–Crippen LogP) is 4.06. The zero-order valence-electron chi connectivity index (χ0n) is 18.4. The molecular formula is C24H24BrN3O4S2. The Hall–Kier alpha value is -2.14. The number of thiophene rings is 1. The van der Waals surface area contributed by atoms with E-state index in [2.05, 4.69) is 26.2 Å². The topological polar surface area (TPSA) is 102 Å². The highest BCUT2D eigenvalue weighted by molar-refractivity contribution is 9.11. The van der Waals surface area contributed by atoms with Crippen molar-refractivity contribution in [3.8, 4) is 0 Å². The summed E-state index contributed by atoms with van der Waals surface area (Å²) < 4.78 is 0.888. The number of imide groups is 1. The van der Waals surface area contributed by atoms with E-state index in [0.29, 0.717) is 13.0 Å². The van der Waals surface area contributed by atoms with Crippen molar-refractivity contribution in [3.63, 3.8) is 0 Å². The third kappa shape index (κ3) is 3.71. The number of para-hydroxylation sites is 1. The van der Waals surface area contributed by atoms with E-state index in [1.54, 1.807) is 18.0 Å². The maximum Gasteiger partial charge on any atom is 0.325 e. The van der Waals surface area contributed by atoms with Crippen LogP contribution in [0.3, 0.4) is 0 Å². The van der Waals surface area contributed by atoms with Gasteiger partial charge in [-0.1, -0.05) is 18.2 Å². The average molecular weight is 563 g/mol. The highest BCUT2D eigenvalue weighted by Gasteiger charge is 2.68. The Labute approximate surface area is 213 Å². The number of carbonyl (C=O) groups is 3. The van der Waals surface area contributed by atoms with Crippen LogP contribution in [-0.4, -0.2) is 56.9 Å². The Morgan fingerprint density at radius 1 is 1.24 bits per heavy atom. The van der Waals surface area contributed by atoms with Crippen molar-refractivity contribution >= 4 is 67.7 Å². The Morgan fingerprint density at radius 2 is 2.03 bits per heavy atom. The summed E-state index contributed by atoms with van der Waals surface area (Å²) in [6, 6.07) is 10.9. The van der Waals surface area contributed by atoms with Crippen LogP contribution in [0.2, 0.25) is 0 Å². The van der Waals surface area contributed by atoms with Gasteiger partial charge >= 0.3 is 5.97 Å². The van der Waals surface area contributed by atoms with Crippen molar-refractivity contribution in [1.82, 2.24) is 15.2 Å². The van der Waals surface area contributed by atoms with Crippen LogP contribution in [-0.2, 0) is 20.8 Å². The third-order valence-electron chi connectivity index (χ3n) is 6.90. The van der Waals surface area contributed by atoms with Crippen LogP contribution < -0.4 is 5.32 Å². The van der Waals surface area contributed by atoms with Crippen molar-refractivity contribution < 1.29 is 19.5 Å². The van der Waals surface area contributed by atoms with E-state index in [1.807, 2.05) is 42.7 Å². The number of hydrogen-bond acceptors (Lipinski definition) is 6. The molecule has 34 heavy (non-hydrogen) atoms. The number of nitrogens with zero attached hydrogens (tertiary/aromatic N) is 1. The number of carbonyl (C=O) groups excluding carboxylic acids is 2. The number of aliphatic carboxylic acids is 1. The number of aromatic amines is 1. The number of thioether (sulfide) groups is 1. The minimum Gasteiger partial charge on any atom is -0.480 e. The first-order valence-electron chi connectivity index (χ1n) is 11.0. The second-order valence-electron chi connectivity index (χ2n) is 8.75. The molecule has 7 nitrogen and oxygen atoms in total. The molecular weight excluding hydrogens is 538 g/mol. The largest absolute Gasteiger partial charge is 0.480 e. The Balaban J connectivity index is 1.60. The van der Waals surface area contributed by atoms with E-state index in [-0.39, 0.29) is 18.2 Å². The van der Waals surface area contributed by atoms with Crippen molar-refractivity contribution in [1.29, 1.82) is 0 Å². The van der Waals surface area contributed by atoms with Crippen LogP contribution in [0, 0.1) is 11.8 Å². The first-order chi connectivity index (χ1) is 16.4. The summed E-state index contributed by atoms with van der Waals surface area (Å²) in [5.41, 5.74) is 0.106. The molecule has 2 fully saturated rings. The summed E-state index contributed by atoms with van der Waals surface area (Å²) in [6.45, 7) is 0.315. The van der Waals surface area contributed by atoms with Crippen molar-refractivity contribution in [2.75, 3.05) is 18.6 Å². The van der Waals surface area contributed by atoms with Gasteiger partial charge in [-0.2, -0.15) is 11.8 Å². The lowest BCUT2D eigenvalue weighted by molar-refractivity contribution is -0.151. The van der Waals surface area contributed by atoms with Crippen LogP contribution >= 0.6 is 39.0 Å². The molecule has 2 saturated heterocycles. The number of carboxylic acid groups (broad SMARTS) is 1. The minimum absolute atomic E-state index is 0.0915. The van der Waals surface area contributed by atoms with Gasteiger partial charge in [0.1, 0.15) is 5.54 Å². The summed E-state index contributed by atoms with van der Waals surface area (Å²) in [5.74, 6) is -2.69. The van der Waals surface area contributed by atoms with E-state index >= 15 is 0 Å². The molecule has 10 heteroatoms. The predicted molar refractivity (Wildman–Crippen MR) is 137 cm³/mol. The molecule has 0 spiro atoms. The summed E-state index contributed by atoms with van der Waals surface area (Å²) in [5, 5.41) is 14.8. The molecule has 2 aliphatic rings. The van der Waals surface area contributed by atoms with Gasteiger partial charge in [0.2, 0.25) is 11.8 Å². The Kier molecular flexibility index (Phi) is 6.34. The van der Waals surface area contributed by atoms with Gasteiger partial charge in [-0.25, -0.2) is 0 Å². The molecule has 4 unspecified atom stereocenters. The smallest absolute Gasteiger partial charge is 0.325 e.